The number of fused-ring (bicyclic) bond motifs is 1. The Kier molecular flexibility index (Phi) is 3.40. The zero-order chi connectivity index (χ0) is 12.5. The van der Waals surface area contributed by atoms with Gasteiger partial charge in [0.05, 0.1) is 6.10 Å². The van der Waals surface area contributed by atoms with Gasteiger partial charge in [-0.05, 0) is 26.0 Å². The average Bonchev–Trinajstić information content (AvgIpc) is 2.59. The van der Waals surface area contributed by atoms with Crippen LogP contribution >= 0.6 is 0 Å². The van der Waals surface area contributed by atoms with Crippen LogP contribution in [0.25, 0.3) is 0 Å². The molecule has 1 atom stereocenters. The number of likely N-dealkylation sites (N-methyl/N-ethyl adjacent to an activating group) is 1. The summed E-state index contributed by atoms with van der Waals surface area (Å²) in [5.74, 6) is 0.878. The number of nitrogens with one attached hydrogen (secondary N) is 1. The van der Waals surface area contributed by atoms with Gasteiger partial charge in [-0.1, -0.05) is 25.1 Å². The minimum Gasteiger partial charge on any atom is -0.487 e. The van der Waals surface area contributed by atoms with Gasteiger partial charge >= 0.3 is 0 Å². The van der Waals surface area contributed by atoms with Crippen molar-refractivity contribution < 1.29 is 9.84 Å². The molecule has 0 fully saturated rings. The molecule has 94 valence electrons. The molecule has 0 saturated heterocycles. The van der Waals surface area contributed by atoms with Gasteiger partial charge in [0.2, 0.25) is 0 Å². The molecule has 1 aliphatic heterocycles. The summed E-state index contributed by atoms with van der Waals surface area (Å²) < 4.78 is 5.94. The molecule has 2 rings (SSSR count). The summed E-state index contributed by atoms with van der Waals surface area (Å²) in [6, 6.07) is 6.02. The smallest absolute Gasteiger partial charge is 0.129 e. The normalized spacial score (nSPS) is 18.6. The van der Waals surface area contributed by atoms with E-state index in [9.17, 15) is 5.11 Å². The summed E-state index contributed by atoms with van der Waals surface area (Å²) in [6.07, 6.45) is 0.406. The van der Waals surface area contributed by atoms with E-state index < -0.39 is 6.10 Å². The quantitative estimate of drug-likeness (QED) is 0.839. The Labute approximate surface area is 103 Å². The summed E-state index contributed by atoms with van der Waals surface area (Å²) >= 11 is 0. The standard InChI is InChI=1S/C14H21NO2/c1-4-15-9-12(16)11-7-5-6-10-8-14(2,3)17-13(10)11/h5-7,12,15-16H,4,8-9H2,1-3H3. The first-order valence-electron chi connectivity index (χ1n) is 6.23. The lowest BCUT2D eigenvalue weighted by molar-refractivity contribution is 0.126. The van der Waals surface area contributed by atoms with Crippen molar-refractivity contribution in [3.8, 4) is 5.75 Å². The Balaban J connectivity index is 2.23. The van der Waals surface area contributed by atoms with Crippen LogP contribution in [0.1, 0.15) is 38.0 Å². The van der Waals surface area contributed by atoms with E-state index in [0.717, 1.165) is 24.3 Å². The van der Waals surface area contributed by atoms with Gasteiger partial charge in [0, 0.05) is 18.5 Å². The highest BCUT2D eigenvalue weighted by molar-refractivity contribution is 5.46. The third kappa shape index (κ3) is 2.61. The molecule has 3 heteroatoms. The fraction of sp³-hybridized carbons (Fsp3) is 0.571. The second-order valence-corrected chi connectivity index (χ2v) is 5.20. The predicted molar refractivity (Wildman–Crippen MR) is 68.4 cm³/mol. The number of hydrogen-bond donors (Lipinski definition) is 2. The topological polar surface area (TPSA) is 41.5 Å². The van der Waals surface area contributed by atoms with Crippen molar-refractivity contribution >= 4 is 0 Å². The van der Waals surface area contributed by atoms with Crippen LogP contribution in [0.4, 0.5) is 0 Å². The van der Waals surface area contributed by atoms with Crippen molar-refractivity contribution in [1.82, 2.24) is 5.32 Å². The maximum absolute atomic E-state index is 10.1. The first-order chi connectivity index (χ1) is 8.03. The summed E-state index contributed by atoms with van der Waals surface area (Å²) in [5.41, 5.74) is 1.94. The predicted octanol–water partition coefficient (Wildman–Crippen LogP) is 2.04. The second kappa shape index (κ2) is 4.67. The number of para-hydroxylation sites is 1. The lowest BCUT2D eigenvalue weighted by atomic mass is 9.99. The molecule has 1 aliphatic rings. The Morgan fingerprint density at radius 1 is 1.47 bits per heavy atom. The van der Waals surface area contributed by atoms with Crippen molar-refractivity contribution in [2.75, 3.05) is 13.1 Å². The molecule has 0 saturated carbocycles. The zero-order valence-electron chi connectivity index (χ0n) is 10.8. The van der Waals surface area contributed by atoms with E-state index in [2.05, 4.69) is 25.2 Å². The summed E-state index contributed by atoms with van der Waals surface area (Å²) in [4.78, 5) is 0. The first kappa shape index (κ1) is 12.4. The molecule has 1 heterocycles. The van der Waals surface area contributed by atoms with Gasteiger partial charge in [-0.2, -0.15) is 0 Å². The van der Waals surface area contributed by atoms with E-state index in [-0.39, 0.29) is 5.60 Å². The molecule has 1 unspecified atom stereocenters. The molecule has 0 aliphatic carbocycles. The molecule has 1 aromatic rings. The third-order valence-corrected chi connectivity index (χ3v) is 3.07. The molecular formula is C14H21NO2. The van der Waals surface area contributed by atoms with Crippen LogP contribution in [0.3, 0.4) is 0 Å². The van der Waals surface area contributed by atoms with Crippen LogP contribution < -0.4 is 10.1 Å². The fourth-order valence-electron chi connectivity index (χ4n) is 2.29. The van der Waals surface area contributed by atoms with Crippen LogP contribution in [0.5, 0.6) is 5.75 Å². The molecule has 0 bridgehead atoms. The molecule has 0 spiro atoms. The zero-order valence-corrected chi connectivity index (χ0v) is 10.8. The van der Waals surface area contributed by atoms with E-state index in [1.54, 1.807) is 0 Å². The van der Waals surface area contributed by atoms with Gasteiger partial charge in [0.1, 0.15) is 11.4 Å². The van der Waals surface area contributed by atoms with E-state index in [0.29, 0.717) is 6.54 Å². The van der Waals surface area contributed by atoms with Crippen molar-refractivity contribution in [3.05, 3.63) is 29.3 Å². The summed E-state index contributed by atoms with van der Waals surface area (Å²) in [5, 5.41) is 13.3. The maximum Gasteiger partial charge on any atom is 0.129 e. The Morgan fingerprint density at radius 3 is 2.94 bits per heavy atom. The molecule has 0 aromatic heterocycles. The molecule has 17 heavy (non-hydrogen) atoms. The highest BCUT2D eigenvalue weighted by Crippen LogP contribution is 2.39. The summed E-state index contributed by atoms with van der Waals surface area (Å²) in [7, 11) is 0. The minimum absolute atomic E-state index is 0.156. The number of rotatable bonds is 4. The third-order valence-electron chi connectivity index (χ3n) is 3.07. The molecule has 0 amide bonds. The second-order valence-electron chi connectivity index (χ2n) is 5.20. The van der Waals surface area contributed by atoms with Crippen molar-refractivity contribution in [1.29, 1.82) is 0 Å². The average molecular weight is 235 g/mol. The van der Waals surface area contributed by atoms with Crippen LogP contribution in [-0.4, -0.2) is 23.8 Å². The van der Waals surface area contributed by atoms with Gasteiger partial charge in [0.15, 0.2) is 0 Å². The van der Waals surface area contributed by atoms with Gasteiger partial charge in [-0.25, -0.2) is 0 Å². The monoisotopic (exact) mass is 235 g/mol. The van der Waals surface area contributed by atoms with E-state index in [1.165, 1.54) is 5.56 Å². The van der Waals surface area contributed by atoms with Gasteiger partial charge in [-0.15, -0.1) is 0 Å². The molecule has 0 radical (unpaired) electrons. The Morgan fingerprint density at radius 2 is 2.24 bits per heavy atom. The molecule has 3 nitrogen and oxygen atoms in total. The van der Waals surface area contributed by atoms with Crippen LogP contribution in [0, 0.1) is 0 Å². The van der Waals surface area contributed by atoms with E-state index in [1.807, 2.05) is 19.1 Å². The number of aliphatic hydroxyl groups excluding tert-OH is 1. The Hall–Kier alpha value is -1.06. The maximum atomic E-state index is 10.1. The number of hydrogen-bond acceptors (Lipinski definition) is 3. The van der Waals surface area contributed by atoms with E-state index >= 15 is 0 Å². The van der Waals surface area contributed by atoms with Gasteiger partial charge in [0.25, 0.3) is 0 Å². The lowest BCUT2D eigenvalue weighted by Gasteiger charge is -2.20. The molecular weight excluding hydrogens is 214 g/mol. The van der Waals surface area contributed by atoms with Crippen molar-refractivity contribution in [3.63, 3.8) is 0 Å². The van der Waals surface area contributed by atoms with Crippen molar-refractivity contribution in [2.45, 2.75) is 38.9 Å². The van der Waals surface area contributed by atoms with Crippen LogP contribution in [0.15, 0.2) is 18.2 Å². The number of aliphatic hydroxyl groups is 1. The summed E-state index contributed by atoms with van der Waals surface area (Å²) in [6.45, 7) is 7.61. The molecule has 1 aromatic carbocycles. The van der Waals surface area contributed by atoms with Crippen LogP contribution in [0.2, 0.25) is 0 Å². The molecule has 2 N–H and O–H groups in total. The lowest BCUT2D eigenvalue weighted by Crippen LogP contribution is -2.25. The number of ether oxygens (including phenoxy) is 1. The van der Waals surface area contributed by atoms with Gasteiger partial charge < -0.3 is 15.2 Å². The highest BCUT2D eigenvalue weighted by atomic mass is 16.5. The largest absolute Gasteiger partial charge is 0.487 e. The van der Waals surface area contributed by atoms with Gasteiger partial charge in [-0.3, -0.25) is 0 Å². The fourth-order valence-corrected chi connectivity index (χ4v) is 2.29. The minimum atomic E-state index is -0.501. The van der Waals surface area contributed by atoms with E-state index in [4.69, 9.17) is 4.74 Å². The number of benzene rings is 1. The van der Waals surface area contributed by atoms with Crippen molar-refractivity contribution in [2.24, 2.45) is 0 Å². The Bertz CT molecular complexity index is 401. The first-order valence-corrected chi connectivity index (χ1v) is 6.23. The van der Waals surface area contributed by atoms with Crippen LogP contribution in [-0.2, 0) is 6.42 Å². The highest BCUT2D eigenvalue weighted by Gasteiger charge is 2.32. The SMILES string of the molecule is CCNCC(O)c1cccc2c1OC(C)(C)C2.